The van der Waals surface area contributed by atoms with E-state index in [0.717, 1.165) is 23.1 Å². The van der Waals surface area contributed by atoms with Crippen molar-refractivity contribution < 1.29 is 9.53 Å². The Balaban J connectivity index is 1.50. The van der Waals surface area contributed by atoms with Crippen LogP contribution in [0.15, 0.2) is 48.5 Å². The third-order valence-electron chi connectivity index (χ3n) is 6.09. The SMILES string of the molecule is [B]c1ccc2c(c1)C(C)(C)NC1(CCN(C(=O)c3cccc(C(N)=CC=N)c3)CC1)O2. The number of allylic oxidation sites excluding steroid dienone is 1. The standard InChI is InChI=1S/C24H27BN4O2/c1-23(2)19-15-18(25)6-7-21(19)31-24(28-23)9-12-29(13-10-24)22(30)17-5-3-4-16(14-17)20(27)8-11-26/h3-8,11,14-15,26,28H,9-10,12-13,27H2,1-2H3. The summed E-state index contributed by atoms with van der Waals surface area (Å²) < 4.78 is 6.41. The first-order valence-electron chi connectivity index (χ1n) is 10.5. The van der Waals surface area contributed by atoms with Gasteiger partial charge < -0.3 is 20.8 Å². The summed E-state index contributed by atoms with van der Waals surface area (Å²) in [5.74, 6) is 0.821. The average Bonchev–Trinajstić information content (AvgIpc) is 2.74. The molecule has 2 heterocycles. The minimum absolute atomic E-state index is 0.0254. The fourth-order valence-corrected chi connectivity index (χ4v) is 4.50. The van der Waals surface area contributed by atoms with E-state index in [1.54, 1.807) is 12.1 Å². The molecule has 2 radical (unpaired) electrons. The van der Waals surface area contributed by atoms with Crippen LogP contribution in [0.5, 0.6) is 5.75 Å². The van der Waals surface area contributed by atoms with Crippen molar-refractivity contribution in [2.45, 2.75) is 38.0 Å². The van der Waals surface area contributed by atoms with E-state index in [-0.39, 0.29) is 11.4 Å². The number of amides is 1. The molecular weight excluding hydrogens is 387 g/mol. The number of hydrogen-bond donors (Lipinski definition) is 3. The van der Waals surface area contributed by atoms with Crippen molar-refractivity contribution in [3.63, 3.8) is 0 Å². The molecule has 0 saturated carbocycles. The van der Waals surface area contributed by atoms with Gasteiger partial charge in [0.15, 0.2) is 5.72 Å². The van der Waals surface area contributed by atoms with Gasteiger partial charge in [-0.2, -0.15) is 0 Å². The maximum Gasteiger partial charge on any atom is 0.253 e. The third kappa shape index (κ3) is 4.10. The van der Waals surface area contributed by atoms with E-state index in [2.05, 4.69) is 19.2 Å². The fraction of sp³-hybridized carbons (Fsp3) is 0.333. The highest BCUT2D eigenvalue weighted by atomic mass is 16.5. The van der Waals surface area contributed by atoms with Crippen molar-refractivity contribution in [2.24, 2.45) is 5.73 Å². The zero-order valence-electron chi connectivity index (χ0n) is 17.9. The van der Waals surface area contributed by atoms with Gasteiger partial charge in [0.1, 0.15) is 13.6 Å². The molecule has 2 aliphatic heterocycles. The molecule has 1 fully saturated rings. The van der Waals surface area contributed by atoms with Gasteiger partial charge in [0.2, 0.25) is 0 Å². The van der Waals surface area contributed by atoms with Crippen LogP contribution in [0.4, 0.5) is 0 Å². The summed E-state index contributed by atoms with van der Waals surface area (Å²) >= 11 is 0. The summed E-state index contributed by atoms with van der Waals surface area (Å²) in [5, 5.41) is 10.8. The molecule has 6 nitrogen and oxygen atoms in total. The van der Waals surface area contributed by atoms with Crippen molar-refractivity contribution in [1.29, 1.82) is 5.41 Å². The smallest absolute Gasteiger partial charge is 0.253 e. The number of nitrogens with one attached hydrogen (secondary N) is 2. The Kier molecular flexibility index (Phi) is 5.39. The van der Waals surface area contributed by atoms with Gasteiger partial charge in [0, 0.05) is 54.5 Å². The predicted molar refractivity (Wildman–Crippen MR) is 124 cm³/mol. The van der Waals surface area contributed by atoms with E-state index in [0.29, 0.717) is 42.7 Å². The van der Waals surface area contributed by atoms with Crippen LogP contribution in [-0.4, -0.2) is 43.7 Å². The molecule has 2 aromatic rings. The van der Waals surface area contributed by atoms with Crippen LogP contribution in [0.25, 0.3) is 5.70 Å². The lowest BCUT2D eigenvalue weighted by atomic mass is 9.83. The maximum atomic E-state index is 13.1. The number of ether oxygens (including phenoxy) is 1. The second kappa shape index (κ2) is 7.89. The molecule has 7 heteroatoms. The number of likely N-dealkylation sites (tertiary alicyclic amines) is 1. The number of hydrogen-bond acceptors (Lipinski definition) is 5. The van der Waals surface area contributed by atoms with Gasteiger partial charge in [0.25, 0.3) is 5.91 Å². The van der Waals surface area contributed by atoms with Gasteiger partial charge in [0.05, 0.1) is 0 Å². The molecule has 1 saturated heterocycles. The summed E-state index contributed by atoms with van der Waals surface area (Å²) in [7, 11) is 5.98. The minimum atomic E-state index is -0.512. The zero-order chi connectivity index (χ0) is 22.2. The lowest BCUT2D eigenvalue weighted by Gasteiger charge is -2.50. The Hall–Kier alpha value is -3.06. The Morgan fingerprint density at radius 1 is 1.19 bits per heavy atom. The quantitative estimate of drug-likeness (QED) is 0.531. The van der Waals surface area contributed by atoms with Crippen LogP contribution in [0.1, 0.15) is 48.2 Å². The number of benzene rings is 2. The van der Waals surface area contributed by atoms with E-state index < -0.39 is 5.72 Å². The molecule has 0 unspecified atom stereocenters. The highest BCUT2D eigenvalue weighted by Gasteiger charge is 2.46. The summed E-state index contributed by atoms with van der Waals surface area (Å²) in [6.45, 7) is 5.43. The van der Waals surface area contributed by atoms with Crippen LogP contribution in [0.2, 0.25) is 0 Å². The largest absolute Gasteiger partial charge is 0.472 e. The molecule has 0 aliphatic carbocycles. The van der Waals surface area contributed by atoms with Crippen LogP contribution < -0.4 is 21.3 Å². The molecule has 2 aliphatic rings. The molecule has 4 N–H and O–H groups in total. The molecule has 1 amide bonds. The molecule has 0 aromatic heterocycles. The Bertz CT molecular complexity index is 1060. The van der Waals surface area contributed by atoms with Crippen molar-refractivity contribution in [3.8, 4) is 5.75 Å². The van der Waals surface area contributed by atoms with Crippen molar-refractivity contribution in [2.75, 3.05) is 13.1 Å². The van der Waals surface area contributed by atoms with Gasteiger partial charge in [-0.05, 0) is 43.7 Å². The number of fused-ring (bicyclic) bond motifs is 1. The maximum absolute atomic E-state index is 13.1. The van der Waals surface area contributed by atoms with Gasteiger partial charge in [-0.15, -0.1) is 0 Å². The molecule has 0 bridgehead atoms. The van der Waals surface area contributed by atoms with Crippen LogP contribution in [0.3, 0.4) is 0 Å². The van der Waals surface area contributed by atoms with Gasteiger partial charge >= 0.3 is 0 Å². The van der Waals surface area contributed by atoms with E-state index in [1.165, 1.54) is 6.08 Å². The second-order valence-electron chi connectivity index (χ2n) is 8.76. The normalized spacial score (nSPS) is 19.4. The fourth-order valence-electron chi connectivity index (χ4n) is 4.50. The highest BCUT2D eigenvalue weighted by Crippen LogP contribution is 2.41. The Morgan fingerprint density at radius 2 is 1.90 bits per heavy atom. The number of piperidine rings is 1. The van der Waals surface area contributed by atoms with Gasteiger partial charge in [-0.1, -0.05) is 29.7 Å². The number of nitrogens with two attached hydrogens (primary N) is 1. The van der Waals surface area contributed by atoms with E-state index in [1.807, 2.05) is 35.2 Å². The van der Waals surface area contributed by atoms with Crippen LogP contribution in [-0.2, 0) is 5.54 Å². The Morgan fingerprint density at radius 3 is 2.61 bits per heavy atom. The molecule has 2 aromatic carbocycles. The van der Waals surface area contributed by atoms with Crippen LogP contribution >= 0.6 is 0 Å². The third-order valence-corrected chi connectivity index (χ3v) is 6.09. The van der Waals surface area contributed by atoms with Crippen molar-refractivity contribution in [1.82, 2.24) is 10.2 Å². The number of carbonyl (C=O) groups is 1. The molecule has 0 atom stereocenters. The summed E-state index contributed by atoms with van der Waals surface area (Å²) in [6, 6.07) is 13.0. The lowest BCUT2D eigenvalue weighted by molar-refractivity contribution is -0.0576. The molecule has 31 heavy (non-hydrogen) atoms. The first-order chi connectivity index (χ1) is 14.7. The predicted octanol–water partition coefficient (Wildman–Crippen LogP) is 2.28. The first-order valence-corrected chi connectivity index (χ1v) is 10.5. The number of rotatable bonds is 3. The zero-order valence-corrected chi connectivity index (χ0v) is 17.9. The first kappa shape index (κ1) is 21.2. The average molecular weight is 414 g/mol. The molecule has 1 spiro atoms. The van der Waals surface area contributed by atoms with Crippen LogP contribution in [0, 0.1) is 5.41 Å². The van der Waals surface area contributed by atoms with Gasteiger partial charge in [-0.3, -0.25) is 10.1 Å². The molecule has 158 valence electrons. The molecular formula is C24H27BN4O2. The van der Waals surface area contributed by atoms with Crippen molar-refractivity contribution >= 4 is 31.1 Å². The minimum Gasteiger partial charge on any atom is -0.472 e. The monoisotopic (exact) mass is 414 g/mol. The number of carbonyl (C=O) groups excluding carboxylic acids is 1. The van der Waals surface area contributed by atoms with E-state index in [9.17, 15) is 4.79 Å². The molecule has 4 rings (SSSR count). The second-order valence-corrected chi connectivity index (χ2v) is 8.76. The van der Waals surface area contributed by atoms with Gasteiger partial charge in [-0.25, -0.2) is 0 Å². The Labute approximate surface area is 184 Å². The number of nitrogens with zero attached hydrogens (tertiary/aromatic N) is 1. The van der Waals surface area contributed by atoms with Crippen molar-refractivity contribution in [3.05, 3.63) is 65.2 Å². The topological polar surface area (TPSA) is 91.4 Å². The lowest BCUT2D eigenvalue weighted by Crippen LogP contribution is -2.64. The summed E-state index contributed by atoms with van der Waals surface area (Å²) in [4.78, 5) is 15.0. The highest BCUT2D eigenvalue weighted by molar-refractivity contribution is 6.32. The summed E-state index contributed by atoms with van der Waals surface area (Å²) in [6.07, 6.45) is 4.01. The van der Waals surface area contributed by atoms with E-state index >= 15 is 0 Å². The van der Waals surface area contributed by atoms with E-state index in [4.69, 9.17) is 23.7 Å². The summed E-state index contributed by atoms with van der Waals surface area (Å²) in [5.41, 5.74) is 8.72.